The number of nitrogens with zero attached hydrogens (tertiary/aromatic N) is 6. The van der Waals surface area contributed by atoms with E-state index in [2.05, 4.69) is 30.7 Å². The van der Waals surface area contributed by atoms with Gasteiger partial charge in [-0.1, -0.05) is 62.4 Å². The van der Waals surface area contributed by atoms with E-state index in [0.717, 1.165) is 5.56 Å². The number of alkyl carbamates (subject to hydrolysis) is 1. The predicted molar refractivity (Wildman–Crippen MR) is 220 cm³/mol. The smallest absolute Gasteiger partial charge is 0.407 e. The Balaban J connectivity index is 0.000000369. The van der Waals surface area contributed by atoms with Crippen LogP contribution in [0, 0.1) is 11.8 Å². The van der Waals surface area contributed by atoms with Crippen LogP contribution in [0.15, 0.2) is 65.8 Å². The van der Waals surface area contributed by atoms with Gasteiger partial charge >= 0.3 is 12.1 Å². The van der Waals surface area contributed by atoms with Crippen molar-refractivity contribution in [2.75, 3.05) is 37.7 Å². The van der Waals surface area contributed by atoms with E-state index >= 15 is 0 Å². The molecule has 20 nitrogen and oxygen atoms in total. The molecule has 4 aromatic rings. The number of aromatic nitrogens is 6. The maximum atomic E-state index is 12.9. The van der Waals surface area contributed by atoms with Crippen molar-refractivity contribution in [1.82, 2.24) is 35.3 Å². The van der Waals surface area contributed by atoms with Crippen LogP contribution in [-0.2, 0) is 45.1 Å². The van der Waals surface area contributed by atoms with E-state index in [1.807, 2.05) is 13.8 Å². The second-order valence-electron chi connectivity index (χ2n) is 15.1. The van der Waals surface area contributed by atoms with E-state index in [-0.39, 0.29) is 22.5 Å². The lowest BCUT2D eigenvalue weighted by molar-refractivity contribution is -0.142. The molecule has 0 radical (unpaired) electrons. The summed E-state index contributed by atoms with van der Waals surface area (Å²) in [5.74, 6) is -1.09. The number of anilines is 1. The van der Waals surface area contributed by atoms with Gasteiger partial charge in [-0.05, 0) is 63.3 Å². The third-order valence-electron chi connectivity index (χ3n) is 8.30. The van der Waals surface area contributed by atoms with Gasteiger partial charge in [-0.25, -0.2) is 32.5 Å². The minimum Gasteiger partial charge on any atom is -0.755 e. The van der Waals surface area contributed by atoms with Crippen LogP contribution in [0.2, 0.25) is 0 Å². The fourth-order valence-corrected chi connectivity index (χ4v) is 6.44. The summed E-state index contributed by atoms with van der Waals surface area (Å²) in [5.41, 5.74) is 2.31. The molecule has 2 heterocycles. The van der Waals surface area contributed by atoms with Crippen LogP contribution < -0.4 is 15.2 Å². The van der Waals surface area contributed by atoms with Crippen LogP contribution in [0.5, 0.6) is 0 Å². The van der Waals surface area contributed by atoms with Gasteiger partial charge in [0.05, 0.1) is 37.1 Å². The molecule has 4 rings (SSSR count). The maximum Gasteiger partial charge on any atom is 0.407 e. The zero-order valence-electron chi connectivity index (χ0n) is 34.6. The van der Waals surface area contributed by atoms with Gasteiger partial charge in [0, 0.05) is 47.7 Å². The normalized spacial score (nSPS) is 13.2. The number of hydrogen-bond acceptors (Lipinski definition) is 14. The number of nitrogens with one attached hydrogen (secondary N) is 2. The average molecular weight is 877 g/mol. The predicted octanol–water partition coefficient (Wildman–Crippen LogP) is 4.13. The van der Waals surface area contributed by atoms with Gasteiger partial charge in [-0.15, -0.1) is 10.2 Å². The van der Waals surface area contributed by atoms with E-state index < -0.39 is 51.0 Å². The van der Waals surface area contributed by atoms with Crippen molar-refractivity contribution in [3.05, 3.63) is 60.9 Å². The number of sulfonamides is 1. The number of carboxylic acid groups (broad SMARTS) is 1. The minimum absolute atomic E-state index is 0.00534. The molecule has 0 saturated carbocycles. The Morgan fingerprint density at radius 1 is 0.833 bits per heavy atom. The van der Waals surface area contributed by atoms with E-state index in [4.69, 9.17) is 19.3 Å². The summed E-state index contributed by atoms with van der Waals surface area (Å²) >= 11 is -2.39. The summed E-state index contributed by atoms with van der Waals surface area (Å²) in [4.78, 5) is 35.8. The lowest BCUT2D eigenvalue weighted by Gasteiger charge is -2.19. The first-order valence-corrected chi connectivity index (χ1v) is 21.6. The Kier molecular flexibility index (Phi) is 18.9. The van der Waals surface area contributed by atoms with E-state index in [1.165, 1.54) is 23.0 Å². The number of amides is 1. The lowest BCUT2D eigenvalue weighted by Crippen LogP contribution is -2.34. The zero-order valence-corrected chi connectivity index (χ0v) is 36.3. The van der Waals surface area contributed by atoms with Crippen LogP contribution in [0.25, 0.3) is 22.5 Å². The number of aliphatic carboxylic acids is 1. The first-order chi connectivity index (χ1) is 28.2. The largest absolute Gasteiger partial charge is 0.755 e. The van der Waals surface area contributed by atoms with Crippen LogP contribution in [-0.4, -0.2) is 109 Å². The number of carbonyl (C=O) groups excluding carboxylic acids is 2. The molecule has 0 aliphatic carbocycles. The molecule has 0 fully saturated rings. The van der Waals surface area contributed by atoms with Crippen molar-refractivity contribution in [3.63, 3.8) is 0 Å². The highest BCUT2D eigenvalue weighted by atomic mass is 32.2. The van der Waals surface area contributed by atoms with E-state index in [1.54, 1.807) is 81.9 Å². The maximum absolute atomic E-state index is 12.9. The van der Waals surface area contributed by atoms with Gasteiger partial charge in [-0.2, -0.15) is 0 Å². The molecular weight excluding hydrogens is 823 g/mol. The molecular formula is C38H54N9O11S2-. The van der Waals surface area contributed by atoms with Crippen LogP contribution in [0.3, 0.4) is 0 Å². The summed E-state index contributed by atoms with van der Waals surface area (Å²) in [7, 11) is -3.75. The van der Waals surface area contributed by atoms with Crippen molar-refractivity contribution < 1.29 is 50.9 Å². The Hall–Kier alpha value is -5.13. The molecule has 3 atom stereocenters. The highest BCUT2D eigenvalue weighted by Crippen LogP contribution is 2.25. The van der Waals surface area contributed by atoms with Gasteiger partial charge in [0.1, 0.15) is 23.0 Å². The van der Waals surface area contributed by atoms with Gasteiger partial charge in [0.15, 0.2) is 11.8 Å². The fourth-order valence-electron chi connectivity index (χ4n) is 5.60. The molecule has 0 bridgehead atoms. The number of rotatable bonds is 21. The van der Waals surface area contributed by atoms with Crippen molar-refractivity contribution in [2.24, 2.45) is 17.0 Å². The number of Topliss-reactive ketones (excluding diaryl/α,β-unsaturated/α-hetero) is 1. The Labute approximate surface area is 352 Å². The second kappa shape index (κ2) is 23.0. The molecule has 60 heavy (non-hydrogen) atoms. The number of primary sulfonamides is 1. The van der Waals surface area contributed by atoms with E-state index in [9.17, 15) is 36.7 Å². The van der Waals surface area contributed by atoms with Gasteiger partial charge in [-0.3, -0.25) is 9.00 Å². The number of benzene rings is 2. The Bertz CT molecular complexity index is 2120. The highest BCUT2D eigenvalue weighted by molar-refractivity contribution is 7.89. The third-order valence-corrected chi connectivity index (χ3v) is 9.63. The van der Waals surface area contributed by atoms with Crippen molar-refractivity contribution in [1.29, 1.82) is 0 Å². The molecule has 1 unspecified atom stereocenters. The number of carboxylic acids is 1. The lowest BCUT2D eigenvalue weighted by atomic mass is 9.97. The molecule has 5 N–H and O–H groups in total. The number of ketones is 1. The molecule has 2 aromatic carbocycles. The number of ether oxygens (including phenoxy) is 3. The van der Waals surface area contributed by atoms with Gasteiger partial charge in [0.2, 0.25) is 10.0 Å². The highest BCUT2D eigenvalue weighted by Gasteiger charge is 2.26. The molecule has 1 amide bonds. The number of hydrogen-bond donors (Lipinski definition) is 4. The van der Waals surface area contributed by atoms with Crippen LogP contribution in [0.4, 0.5) is 10.5 Å². The quantitative estimate of drug-likeness (QED) is 0.0676. The first-order valence-electron chi connectivity index (χ1n) is 19.0. The van der Waals surface area contributed by atoms with E-state index in [0.29, 0.717) is 68.5 Å². The number of nitrogens with two attached hydrogens (primary N) is 1. The SMILES string of the molecule is CC(C)[C@@H](C(=O)CCCOCCOCCNC(=O)OC(C)(C)C)n1cc(-c2ccc(NS(=O)[O-])cc2)nn1.CC(C)[C@@H](C(=O)O)n1cc(-c2ccc(S(N)(=O)=O)cc2)nn1. The van der Waals surface area contributed by atoms with Crippen molar-refractivity contribution in [3.8, 4) is 22.5 Å². The summed E-state index contributed by atoms with van der Waals surface area (Å²) in [6.07, 6.45) is 3.67. The summed E-state index contributed by atoms with van der Waals surface area (Å²) in [6, 6.07) is 11.2. The standard InChI is InChI=1S/C25H39N5O7S.C13H16N4O4S/c1-18(2)23(30-17-21(27-29-30)19-8-10-20(11-9-19)28-38(33)34)22(31)7-6-13-35-15-16-36-14-12-26-24(32)37-25(3,4)5;1-8(2)12(13(18)19)17-7-11(15-16-17)9-3-5-10(6-4-9)22(14,20)21/h8-11,17-18,23,28H,6-7,12-16H2,1-5H3,(H,26,32)(H,33,34);3-8,12H,1-2H3,(H,18,19)(H2,14,20,21)/p-1/t23-;12-/m00/s1. The Morgan fingerprint density at radius 2 is 1.33 bits per heavy atom. The molecule has 0 saturated heterocycles. The zero-order chi connectivity index (χ0) is 44.6. The Morgan fingerprint density at radius 3 is 1.80 bits per heavy atom. The summed E-state index contributed by atoms with van der Waals surface area (Å²) in [6.45, 7) is 14.8. The van der Waals surface area contributed by atoms with Crippen LogP contribution in [0.1, 0.15) is 73.4 Å². The minimum atomic E-state index is -3.75. The summed E-state index contributed by atoms with van der Waals surface area (Å²) < 4.78 is 65.2. The van der Waals surface area contributed by atoms with Gasteiger partial charge in [0.25, 0.3) is 0 Å². The molecule has 330 valence electrons. The average Bonchev–Trinajstić information content (AvgIpc) is 3.82. The van der Waals surface area contributed by atoms with Crippen molar-refractivity contribution >= 4 is 44.8 Å². The van der Waals surface area contributed by atoms with Gasteiger partial charge < -0.3 is 33.9 Å². The first kappa shape index (κ1) is 49.2. The second-order valence-corrected chi connectivity index (χ2v) is 17.3. The molecule has 0 spiro atoms. The monoisotopic (exact) mass is 876 g/mol. The molecule has 0 aliphatic heterocycles. The molecule has 22 heteroatoms. The van der Waals surface area contributed by atoms with Crippen LogP contribution >= 0.6 is 0 Å². The molecule has 0 aliphatic rings. The molecule has 2 aromatic heterocycles. The summed E-state index contributed by atoms with van der Waals surface area (Å²) in [5, 5.41) is 33.0. The number of carbonyl (C=O) groups is 3. The topological polar surface area (TPSA) is 285 Å². The third kappa shape index (κ3) is 16.5. The fraction of sp³-hybridized carbons (Fsp3) is 0.500. The van der Waals surface area contributed by atoms with Crippen molar-refractivity contribution in [2.45, 2.75) is 83.9 Å².